The molecular formula is C20H20FN3O2. The fourth-order valence-corrected chi connectivity index (χ4v) is 2.86. The van der Waals surface area contributed by atoms with Crippen LogP contribution in [0, 0.1) is 5.82 Å². The van der Waals surface area contributed by atoms with Crippen molar-refractivity contribution in [1.29, 1.82) is 0 Å². The molecule has 3 rings (SSSR count). The van der Waals surface area contributed by atoms with Crippen molar-refractivity contribution in [3.8, 4) is 0 Å². The van der Waals surface area contributed by atoms with E-state index in [0.29, 0.717) is 23.1 Å². The number of benzene rings is 2. The van der Waals surface area contributed by atoms with Crippen molar-refractivity contribution in [2.24, 2.45) is 7.05 Å². The van der Waals surface area contributed by atoms with Crippen molar-refractivity contribution in [3.63, 3.8) is 0 Å². The molecule has 0 unspecified atom stereocenters. The lowest BCUT2D eigenvalue weighted by molar-refractivity contribution is -0.121. The van der Waals surface area contributed by atoms with Crippen molar-refractivity contribution < 1.29 is 9.18 Å². The van der Waals surface area contributed by atoms with Crippen LogP contribution in [-0.2, 0) is 18.3 Å². The van der Waals surface area contributed by atoms with Gasteiger partial charge in [0, 0.05) is 19.9 Å². The highest BCUT2D eigenvalue weighted by Crippen LogP contribution is 2.13. The molecule has 1 atom stereocenters. The Labute approximate surface area is 150 Å². The van der Waals surface area contributed by atoms with Crippen LogP contribution in [0.2, 0.25) is 0 Å². The number of nitrogens with zero attached hydrogens (tertiary/aromatic N) is 2. The molecule has 0 bridgehead atoms. The molecule has 0 aliphatic carbocycles. The number of nitrogens with one attached hydrogen (secondary N) is 1. The first-order valence-electron chi connectivity index (χ1n) is 8.45. The molecule has 0 saturated carbocycles. The molecule has 0 aliphatic heterocycles. The van der Waals surface area contributed by atoms with Crippen LogP contribution in [0.15, 0.2) is 53.3 Å². The number of aryl methyl sites for hydroxylation is 1. The topological polar surface area (TPSA) is 64.0 Å². The second kappa shape index (κ2) is 7.47. The van der Waals surface area contributed by atoms with E-state index < -0.39 is 0 Å². The Bertz CT molecular complexity index is 996. The zero-order valence-corrected chi connectivity index (χ0v) is 14.7. The summed E-state index contributed by atoms with van der Waals surface area (Å²) < 4.78 is 14.5. The lowest BCUT2D eigenvalue weighted by Crippen LogP contribution is -2.28. The predicted octanol–water partition coefficient (Wildman–Crippen LogP) is 2.88. The highest BCUT2D eigenvalue weighted by atomic mass is 19.1. The number of hydrogen-bond donors (Lipinski definition) is 1. The maximum Gasteiger partial charge on any atom is 0.261 e. The minimum atomic E-state index is -0.310. The van der Waals surface area contributed by atoms with Crippen molar-refractivity contribution in [1.82, 2.24) is 14.9 Å². The van der Waals surface area contributed by atoms with Gasteiger partial charge in [-0.3, -0.25) is 14.2 Å². The van der Waals surface area contributed by atoms with Gasteiger partial charge in [0.2, 0.25) is 5.91 Å². The summed E-state index contributed by atoms with van der Waals surface area (Å²) in [6.45, 7) is 1.84. The van der Waals surface area contributed by atoms with Crippen LogP contribution >= 0.6 is 0 Å². The number of carbonyl (C=O) groups is 1. The number of aromatic nitrogens is 2. The summed E-state index contributed by atoms with van der Waals surface area (Å²) in [4.78, 5) is 29.1. The predicted molar refractivity (Wildman–Crippen MR) is 98.3 cm³/mol. The summed E-state index contributed by atoms with van der Waals surface area (Å²) in [5, 5.41) is 3.44. The highest BCUT2D eigenvalue weighted by Gasteiger charge is 2.12. The zero-order chi connectivity index (χ0) is 18.7. The number of fused-ring (bicyclic) bond motifs is 1. The number of hydrogen-bond acceptors (Lipinski definition) is 3. The van der Waals surface area contributed by atoms with Gasteiger partial charge in [-0.05, 0) is 36.8 Å². The number of para-hydroxylation sites is 1. The summed E-state index contributed by atoms with van der Waals surface area (Å²) in [6, 6.07) is 13.0. The number of carbonyl (C=O) groups excluding carboxylic acids is 1. The highest BCUT2D eigenvalue weighted by molar-refractivity contribution is 5.78. The molecule has 26 heavy (non-hydrogen) atoms. The second-order valence-corrected chi connectivity index (χ2v) is 6.25. The number of rotatable bonds is 5. The van der Waals surface area contributed by atoms with Crippen LogP contribution in [0.3, 0.4) is 0 Å². The van der Waals surface area contributed by atoms with Crippen LogP contribution in [0.1, 0.15) is 30.8 Å². The summed E-state index contributed by atoms with van der Waals surface area (Å²) in [5.41, 5.74) is 1.34. The molecule has 5 nitrogen and oxygen atoms in total. The van der Waals surface area contributed by atoms with Gasteiger partial charge in [-0.1, -0.05) is 24.3 Å². The van der Waals surface area contributed by atoms with E-state index in [1.54, 1.807) is 37.4 Å². The maximum absolute atomic E-state index is 13.0. The summed E-state index contributed by atoms with van der Waals surface area (Å²) >= 11 is 0. The van der Waals surface area contributed by atoms with Gasteiger partial charge in [-0.15, -0.1) is 0 Å². The molecule has 0 aliphatic rings. The molecule has 3 aromatic rings. The van der Waals surface area contributed by atoms with E-state index in [1.807, 2.05) is 13.0 Å². The number of halogens is 1. The fourth-order valence-electron chi connectivity index (χ4n) is 2.86. The Morgan fingerprint density at radius 3 is 2.62 bits per heavy atom. The first-order valence-corrected chi connectivity index (χ1v) is 8.45. The molecule has 0 spiro atoms. The Hall–Kier alpha value is -3.02. The van der Waals surface area contributed by atoms with Crippen LogP contribution in [0.5, 0.6) is 0 Å². The average molecular weight is 353 g/mol. The minimum Gasteiger partial charge on any atom is -0.350 e. The van der Waals surface area contributed by atoms with E-state index in [0.717, 1.165) is 5.56 Å². The average Bonchev–Trinajstić information content (AvgIpc) is 2.64. The van der Waals surface area contributed by atoms with Crippen molar-refractivity contribution in [2.45, 2.75) is 25.8 Å². The van der Waals surface area contributed by atoms with Crippen molar-refractivity contribution in [3.05, 3.63) is 76.1 Å². The second-order valence-electron chi connectivity index (χ2n) is 6.25. The van der Waals surface area contributed by atoms with Gasteiger partial charge in [0.1, 0.15) is 11.6 Å². The van der Waals surface area contributed by atoms with Crippen LogP contribution in [0.4, 0.5) is 4.39 Å². The number of amides is 1. The fraction of sp³-hybridized carbons (Fsp3) is 0.250. The Balaban J connectivity index is 1.68. The van der Waals surface area contributed by atoms with E-state index in [4.69, 9.17) is 0 Å². The van der Waals surface area contributed by atoms with E-state index in [9.17, 15) is 14.0 Å². The molecule has 134 valence electrons. The van der Waals surface area contributed by atoms with Gasteiger partial charge < -0.3 is 5.32 Å². The first kappa shape index (κ1) is 17.8. The molecule has 0 fully saturated rings. The van der Waals surface area contributed by atoms with Gasteiger partial charge in [0.15, 0.2) is 0 Å². The van der Waals surface area contributed by atoms with E-state index in [-0.39, 0.29) is 29.7 Å². The molecule has 0 saturated heterocycles. The first-order chi connectivity index (χ1) is 12.5. The summed E-state index contributed by atoms with van der Waals surface area (Å²) in [7, 11) is 1.66. The van der Waals surface area contributed by atoms with E-state index in [2.05, 4.69) is 10.3 Å². The van der Waals surface area contributed by atoms with Gasteiger partial charge in [0.05, 0.1) is 16.9 Å². The Morgan fingerprint density at radius 1 is 1.19 bits per heavy atom. The molecular weight excluding hydrogens is 333 g/mol. The zero-order valence-electron chi connectivity index (χ0n) is 14.7. The van der Waals surface area contributed by atoms with Crippen molar-refractivity contribution >= 4 is 16.8 Å². The quantitative estimate of drug-likeness (QED) is 0.767. The lowest BCUT2D eigenvalue weighted by atomic mass is 10.1. The van der Waals surface area contributed by atoms with E-state index in [1.165, 1.54) is 16.7 Å². The standard InChI is InChI=1S/C20H20FN3O2/c1-13(14-7-9-15(21)10-8-14)22-19(25)12-11-18-23-17-6-4-3-5-16(17)20(26)24(18)2/h3-10,13H,11-12H2,1-2H3,(H,22,25)/t13-/m0/s1. The molecule has 1 heterocycles. The molecule has 1 N–H and O–H groups in total. The van der Waals surface area contributed by atoms with Gasteiger partial charge in [-0.25, -0.2) is 9.37 Å². The summed E-state index contributed by atoms with van der Waals surface area (Å²) in [6.07, 6.45) is 0.572. The van der Waals surface area contributed by atoms with Crippen molar-refractivity contribution in [2.75, 3.05) is 0 Å². The molecule has 0 radical (unpaired) electrons. The summed E-state index contributed by atoms with van der Waals surface area (Å²) in [5.74, 6) is 0.109. The minimum absolute atomic E-state index is 0.120. The third kappa shape index (κ3) is 3.79. The van der Waals surface area contributed by atoms with Gasteiger partial charge in [-0.2, -0.15) is 0 Å². The largest absolute Gasteiger partial charge is 0.350 e. The smallest absolute Gasteiger partial charge is 0.261 e. The monoisotopic (exact) mass is 353 g/mol. The molecule has 6 heteroatoms. The SMILES string of the molecule is C[C@H](NC(=O)CCc1nc2ccccc2c(=O)n1C)c1ccc(F)cc1. The molecule has 1 aromatic heterocycles. The van der Waals surface area contributed by atoms with Gasteiger partial charge in [0.25, 0.3) is 5.56 Å². The van der Waals surface area contributed by atoms with Crippen LogP contribution in [0.25, 0.3) is 10.9 Å². The maximum atomic E-state index is 13.0. The third-order valence-corrected chi connectivity index (χ3v) is 4.40. The third-order valence-electron chi connectivity index (χ3n) is 4.40. The molecule has 1 amide bonds. The van der Waals surface area contributed by atoms with Crippen LogP contribution < -0.4 is 10.9 Å². The lowest BCUT2D eigenvalue weighted by Gasteiger charge is -2.15. The Kier molecular flexibility index (Phi) is 5.11. The van der Waals surface area contributed by atoms with E-state index >= 15 is 0 Å². The Morgan fingerprint density at radius 2 is 1.88 bits per heavy atom. The molecule has 2 aromatic carbocycles. The van der Waals surface area contributed by atoms with Gasteiger partial charge >= 0.3 is 0 Å². The normalized spacial score (nSPS) is 12.1. The van der Waals surface area contributed by atoms with Crippen LogP contribution in [-0.4, -0.2) is 15.5 Å².